The number of carbonyl (C=O) groups is 1. The molecule has 6 heteroatoms. The van der Waals surface area contributed by atoms with E-state index in [4.69, 9.17) is 5.73 Å². The van der Waals surface area contributed by atoms with Gasteiger partial charge < -0.3 is 10.5 Å². The average molecular weight is 234 g/mol. The van der Waals surface area contributed by atoms with E-state index in [0.717, 1.165) is 0 Å². The summed E-state index contributed by atoms with van der Waals surface area (Å²) in [6.07, 6.45) is 0. The van der Waals surface area contributed by atoms with Gasteiger partial charge in [-0.3, -0.25) is 4.68 Å². The molecule has 0 aliphatic carbocycles. The highest BCUT2D eigenvalue weighted by molar-refractivity contribution is 9.10. The van der Waals surface area contributed by atoms with Crippen molar-refractivity contribution in [2.75, 3.05) is 12.8 Å². The first-order valence-corrected chi connectivity index (χ1v) is 3.93. The van der Waals surface area contributed by atoms with E-state index in [9.17, 15) is 4.79 Å². The van der Waals surface area contributed by atoms with Crippen molar-refractivity contribution in [3.8, 4) is 0 Å². The number of methoxy groups -OCH3 is 1. The fraction of sp³-hybridized carbons (Fsp3) is 0.333. The number of ether oxygens (including phenoxy) is 1. The molecule has 1 rings (SSSR count). The zero-order valence-electron chi connectivity index (χ0n) is 6.67. The topological polar surface area (TPSA) is 70.1 Å². The molecule has 0 saturated heterocycles. The van der Waals surface area contributed by atoms with Crippen molar-refractivity contribution in [3.05, 3.63) is 10.2 Å². The molecular weight excluding hydrogens is 226 g/mol. The van der Waals surface area contributed by atoms with Crippen molar-refractivity contribution in [2.45, 2.75) is 0 Å². The number of carbonyl (C=O) groups excluding carboxylic acids is 1. The van der Waals surface area contributed by atoms with Crippen molar-refractivity contribution >= 4 is 27.7 Å². The number of hydrogen-bond acceptors (Lipinski definition) is 4. The van der Waals surface area contributed by atoms with Gasteiger partial charge in [0.15, 0.2) is 5.69 Å². The largest absolute Gasteiger partial charge is 0.464 e. The van der Waals surface area contributed by atoms with Crippen LogP contribution in [-0.2, 0) is 11.8 Å². The molecule has 0 atom stereocenters. The fourth-order valence-electron chi connectivity index (χ4n) is 0.738. The van der Waals surface area contributed by atoms with Crippen molar-refractivity contribution in [2.24, 2.45) is 7.05 Å². The van der Waals surface area contributed by atoms with Gasteiger partial charge in [-0.05, 0) is 15.9 Å². The van der Waals surface area contributed by atoms with Crippen LogP contribution in [0.5, 0.6) is 0 Å². The zero-order valence-corrected chi connectivity index (χ0v) is 8.25. The molecule has 0 bridgehead atoms. The number of halogens is 1. The first-order valence-electron chi connectivity index (χ1n) is 3.14. The van der Waals surface area contributed by atoms with E-state index in [-0.39, 0.29) is 5.69 Å². The van der Waals surface area contributed by atoms with Crippen molar-refractivity contribution in [1.82, 2.24) is 9.78 Å². The molecule has 0 radical (unpaired) electrons. The Kier molecular flexibility index (Phi) is 2.37. The van der Waals surface area contributed by atoms with Crippen LogP contribution in [0.3, 0.4) is 0 Å². The molecule has 0 aliphatic rings. The van der Waals surface area contributed by atoms with E-state index in [1.54, 1.807) is 7.05 Å². The van der Waals surface area contributed by atoms with Gasteiger partial charge in [-0.25, -0.2) is 4.79 Å². The number of nitrogens with zero attached hydrogens (tertiary/aromatic N) is 2. The third-order valence-electron chi connectivity index (χ3n) is 1.41. The molecule has 0 aliphatic heterocycles. The van der Waals surface area contributed by atoms with E-state index in [1.165, 1.54) is 11.8 Å². The van der Waals surface area contributed by atoms with Gasteiger partial charge in [0.25, 0.3) is 0 Å². The highest BCUT2D eigenvalue weighted by Gasteiger charge is 2.18. The summed E-state index contributed by atoms with van der Waals surface area (Å²) in [6.45, 7) is 0. The zero-order chi connectivity index (χ0) is 9.30. The fourth-order valence-corrected chi connectivity index (χ4v) is 1.24. The number of aromatic nitrogens is 2. The van der Waals surface area contributed by atoms with E-state index >= 15 is 0 Å². The Morgan fingerprint density at radius 2 is 2.33 bits per heavy atom. The number of hydrogen-bond donors (Lipinski definition) is 1. The maximum atomic E-state index is 11.0. The Morgan fingerprint density at radius 3 is 2.67 bits per heavy atom. The van der Waals surface area contributed by atoms with E-state index in [2.05, 4.69) is 25.8 Å². The summed E-state index contributed by atoms with van der Waals surface area (Å²) in [5.74, 6) is -0.107. The summed E-state index contributed by atoms with van der Waals surface area (Å²) >= 11 is 3.13. The van der Waals surface area contributed by atoms with E-state index < -0.39 is 5.97 Å². The van der Waals surface area contributed by atoms with Gasteiger partial charge in [0.05, 0.1) is 11.6 Å². The molecule has 1 heterocycles. The maximum absolute atomic E-state index is 11.0. The van der Waals surface area contributed by atoms with Gasteiger partial charge in [0, 0.05) is 7.05 Å². The average Bonchev–Trinajstić information content (AvgIpc) is 2.32. The lowest BCUT2D eigenvalue weighted by Gasteiger charge is -1.92. The lowest BCUT2D eigenvalue weighted by molar-refractivity contribution is 0.0592. The molecule has 0 aromatic carbocycles. The first-order chi connectivity index (χ1) is 5.57. The molecule has 0 saturated carbocycles. The molecule has 66 valence electrons. The van der Waals surface area contributed by atoms with Crippen LogP contribution in [0.15, 0.2) is 4.47 Å². The second kappa shape index (κ2) is 3.14. The highest BCUT2D eigenvalue weighted by atomic mass is 79.9. The molecule has 2 N–H and O–H groups in total. The van der Waals surface area contributed by atoms with Crippen LogP contribution >= 0.6 is 15.9 Å². The smallest absolute Gasteiger partial charge is 0.359 e. The Balaban J connectivity index is 3.17. The van der Waals surface area contributed by atoms with Crippen molar-refractivity contribution < 1.29 is 9.53 Å². The van der Waals surface area contributed by atoms with Gasteiger partial charge in [0.1, 0.15) is 5.82 Å². The van der Waals surface area contributed by atoms with Gasteiger partial charge in [-0.2, -0.15) is 5.10 Å². The van der Waals surface area contributed by atoms with Crippen LogP contribution in [-0.4, -0.2) is 22.9 Å². The second-order valence-electron chi connectivity index (χ2n) is 2.16. The Bertz CT molecular complexity index is 321. The van der Waals surface area contributed by atoms with Crippen molar-refractivity contribution in [1.29, 1.82) is 0 Å². The van der Waals surface area contributed by atoms with E-state index in [1.807, 2.05) is 0 Å². The summed E-state index contributed by atoms with van der Waals surface area (Å²) in [5.41, 5.74) is 5.73. The molecule has 1 aromatic rings. The molecule has 0 spiro atoms. The molecular formula is C6H8BrN3O2. The van der Waals surface area contributed by atoms with Crippen LogP contribution in [0.25, 0.3) is 0 Å². The third-order valence-corrected chi connectivity index (χ3v) is 2.19. The molecule has 12 heavy (non-hydrogen) atoms. The first kappa shape index (κ1) is 9.05. The summed E-state index contributed by atoms with van der Waals surface area (Å²) in [5, 5.41) is 3.85. The molecule has 0 unspecified atom stereocenters. The molecule has 0 amide bonds. The minimum absolute atomic E-state index is 0.192. The second-order valence-corrected chi connectivity index (χ2v) is 2.96. The van der Waals surface area contributed by atoms with Gasteiger partial charge in [0.2, 0.25) is 0 Å². The van der Waals surface area contributed by atoms with Crippen LogP contribution < -0.4 is 5.73 Å². The van der Waals surface area contributed by atoms with Gasteiger partial charge in [-0.1, -0.05) is 0 Å². The monoisotopic (exact) mass is 233 g/mol. The Labute approximate surface area is 77.6 Å². The molecule has 0 fully saturated rings. The summed E-state index contributed by atoms with van der Waals surface area (Å²) in [4.78, 5) is 11.0. The number of rotatable bonds is 1. The maximum Gasteiger partial charge on any atom is 0.359 e. The Hall–Kier alpha value is -1.04. The van der Waals surface area contributed by atoms with Gasteiger partial charge in [-0.15, -0.1) is 0 Å². The minimum atomic E-state index is -0.505. The standard InChI is InChI=1S/C6H8BrN3O2/c1-10-5(8)3(7)4(9-10)6(11)12-2/h8H2,1-2H3. The normalized spacial score (nSPS) is 9.92. The van der Waals surface area contributed by atoms with Crippen LogP contribution in [0.4, 0.5) is 5.82 Å². The lowest BCUT2D eigenvalue weighted by Crippen LogP contribution is -2.03. The third kappa shape index (κ3) is 1.29. The predicted octanol–water partition coefficient (Wildman–Crippen LogP) is 0.551. The van der Waals surface area contributed by atoms with Gasteiger partial charge >= 0.3 is 5.97 Å². The number of nitrogen functional groups attached to an aromatic ring is 1. The number of esters is 1. The summed E-state index contributed by atoms with van der Waals surface area (Å²) in [6, 6.07) is 0. The van der Waals surface area contributed by atoms with E-state index in [0.29, 0.717) is 10.3 Å². The molecule has 1 aromatic heterocycles. The van der Waals surface area contributed by atoms with Crippen LogP contribution in [0.1, 0.15) is 10.5 Å². The molecule has 5 nitrogen and oxygen atoms in total. The summed E-state index contributed by atoms with van der Waals surface area (Å²) in [7, 11) is 2.94. The predicted molar refractivity (Wildman–Crippen MR) is 46.7 cm³/mol. The summed E-state index contributed by atoms with van der Waals surface area (Å²) < 4.78 is 6.35. The SMILES string of the molecule is COC(=O)c1nn(C)c(N)c1Br. The Morgan fingerprint density at radius 1 is 1.75 bits per heavy atom. The number of nitrogens with two attached hydrogens (primary N) is 1. The lowest BCUT2D eigenvalue weighted by atomic mass is 10.4. The number of aryl methyl sites for hydroxylation is 1. The van der Waals surface area contributed by atoms with Crippen molar-refractivity contribution in [3.63, 3.8) is 0 Å². The quantitative estimate of drug-likeness (QED) is 0.720. The van der Waals surface area contributed by atoms with Crippen LogP contribution in [0, 0.1) is 0 Å². The minimum Gasteiger partial charge on any atom is -0.464 e. The number of anilines is 1. The highest BCUT2D eigenvalue weighted by Crippen LogP contribution is 2.23. The van der Waals surface area contributed by atoms with Crippen LogP contribution in [0.2, 0.25) is 0 Å².